The number of carbonyl (C=O) groups excluding carboxylic acids is 1. The summed E-state index contributed by atoms with van der Waals surface area (Å²) in [4.78, 5) is 11.2. The smallest absolute Gasteiger partial charge is 0.321 e. The van der Waals surface area contributed by atoms with Gasteiger partial charge in [0.1, 0.15) is 0 Å². The van der Waals surface area contributed by atoms with E-state index in [4.69, 9.17) is 11.6 Å². The van der Waals surface area contributed by atoms with Crippen LogP contribution in [0.5, 0.6) is 0 Å². The molecule has 0 unspecified atom stereocenters. The van der Waals surface area contributed by atoms with E-state index < -0.39 is 21.6 Å². The molecule has 0 aliphatic carbocycles. The van der Waals surface area contributed by atoms with Gasteiger partial charge in [0.05, 0.1) is 12.0 Å². The predicted octanol–water partition coefficient (Wildman–Crippen LogP) is 2.44. The van der Waals surface area contributed by atoms with Gasteiger partial charge in [-0.1, -0.05) is 23.7 Å². The average Bonchev–Trinajstić information content (AvgIpc) is 2.37. The lowest BCUT2D eigenvalue weighted by Gasteiger charge is -2.05. The first-order chi connectivity index (χ1) is 8.92. The van der Waals surface area contributed by atoms with Crippen LogP contribution in [0.2, 0.25) is 5.02 Å². The van der Waals surface area contributed by atoms with Crippen LogP contribution in [0.3, 0.4) is 0 Å². The molecule has 0 aliphatic rings. The second kappa shape index (κ2) is 5.19. The van der Waals surface area contributed by atoms with Crippen molar-refractivity contribution in [2.75, 3.05) is 12.9 Å². The van der Waals surface area contributed by atoms with Crippen molar-refractivity contribution in [3.05, 3.63) is 41.4 Å². The van der Waals surface area contributed by atoms with Gasteiger partial charge in [0.15, 0.2) is 15.6 Å². The fraction of sp³-hybridized carbons (Fsp3) is 0.154. The van der Waals surface area contributed by atoms with Gasteiger partial charge in [-0.2, -0.15) is 0 Å². The number of methoxy groups -OCH3 is 1. The Balaban J connectivity index is 2.46. The molecule has 0 saturated carbocycles. The second-order valence-corrected chi connectivity index (χ2v) is 6.41. The zero-order valence-corrected chi connectivity index (χ0v) is 11.7. The summed E-state index contributed by atoms with van der Waals surface area (Å²) < 4.78 is 28.3. The number of esters is 1. The first kappa shape index (κ1) is 13.8. The third kappa shape index (κ3) is 3.05. The number of sulfone groups is 1. The monoisotopic (exact) mass is 298 g/mol. The van der Waals surface area contributed by atoms with Crippen molar-refractivity contribution in [3.8, 4) is 0 Å². The van der Waals surface area contributed by atoms with E-state index in [9.17, 15) is 13.2 Å². The normalized spacial score (nSPS) is 11.5. The summed E-state index contributed by atoms with van der Waals surface area (Å²) in [6, 6.07) is 9.79. The molecule has 0 radical (unpaired) electrons. The lowest BCUT2D eigenvalue weighted by Crippen LogP contribution is -2.17. The van der Waals surface area contributed by atoms with Crippen LogP contribution in [0.1, 0.15) is 0 Å². The number of benzene rings is 2. The number of halogens is 1. The molecule has 0 aromatic heterocycles. The molecule has 19 heavy (non-hydrogen) atoms. The van der Waals surface area contributed by atoms with Crippen LogP contribution in [0.4, 0.5) is 0 Å². The number of fused-ring (bicyclic) bond motifs is 1. The van der Waals surface area contributed by atoms with Crippen molar-refractivity contribution >= 4 is 38.2 Å². The van der Waals surface area contributed by atoms with Crippen LogP contribution >= 0.6 is 11.6 Å². The molecule has 6 heteroatoms. The molecule has 0 fully saturated rings. The Morgan fingerprint density at radius 1 is 1.16 bits per heavy atom. The lowest BCUT2D eigenvalue weighted by molar-refractivity contribution is -0.137. The maximum absolute atomic E-state index is 12.0. The van der Waals surface area contributed by atoms with Crippen molar-refractivity contribution < 1.29 is 17.9 Å². The van der Waals surface area contributed by atoms with Gasteiger partial charge in [-0.25, -0.2) is 8.42 Å². The molecular weight excluding hydrogens is 288 g/mol. The highest BCUT2D eigenvalue weighted by atomic mass is 35.5. The molecule has 0 atom stereocenters. The van der Waals surface area contributed by atoms with Gasteiger partial charge >= 0.3 is 5.97 Å². The van der Waals surface area contributed by atoms with Crippen molar-refractivity contribution in [1.29, 1.82) is 0 Å². The van der Waals surface area contributed by atoms with E-state index >= 15 is 0 Å². The summed E-state index contributed by atoms with van der Waals surface area (Å²) in [6.45, 7) is 0. The molecule has 0 aliphatic heterocycles. The van der Waals surface area contributed by atoms with E-state index in [0.29, 0.717) is 5.02 Å². The molecule has 2 aromatic carbocycles. The molecule has 0 saturated heterocycles. The first-order valence-corrected chi connectivity index (χ1v) is 7.44. The molecule has 0 heterocycles. The maximum Gasteiger partial charge on any atom is 0.321 e. The summed E-state index contributed by atoms with van der Waals surface area (Å²) in [5.41, 5.74) is 0. The van der Waals surface area contributed by atoms with E-state index in [1.807, 2.05) is 0 Å². The fourth-order valence-electron chi connectivity index (χ4n) is 1.69. The third-order valence-electron chi connectivity index (χ3n) is 2.67. The van der Waals surface area contributed by atoms with Gasteiger partial charge in [-0.05, 0) is 35.0 Å². The number of ether oxygens (including phenoxy) is 1. The Morgan fingerprint density at radius 2 is 1.79 bits per heavy atom. The van der Waals surface area contributed by atoms with Crippen molar-refractivity contribution in [1.82, 2.24) is 0 Å². The average molecular weight is 299 g/mol. The largest absolute Gasteiger partial charge is 0.468 e. The van der Waals surface area contributed by atoms with Crippen molar-refractivity contribution in [3.63, 3.8) is 0 Å². The highest BCUT2D eigenvalue weighted by molar-refractivity contribution is 7.92. The Bertz CT molecular complexity index is 737. The summed E-state index contributed by atoms with van der Waals surface area (Å²) >= 11 is 5.86. The standard InChI is InChI=1S/C13H11ClO4S/c1-18-13(15)8-19(16,17)12-5-3-9-6-11(14)4-2-10(9)7-12/h2-7H,8H2,1H3. The van der Waals surface area contributed by atoms with E-state index in [1.54, 1.807) is 24.3 Å². The quantitative estimate of drug-likeness (QED) is 0.817. The van der Waals surface area contributed by atoms with Crippen LogP contribution in [-0.2, 0) is 19.4 Å². The number of hydrogen-bond donors (Lipinski definition) is 0. The van der Waals surface area contributed by atoms with Gasteiger partial charge in [-0.15, -0.1) is 0 Å². The zero-order valence-electron chi connectivity index (χ0n) is 10.1. The van der Waals surface area contributed by atoms with Gasteiger partial charge in [0, 0.05) is 5.02 Å². The van der Waals surface area contributed by atoms with Crippen molar-refractivity contribution in [2.24, 2.45) is 0 Å². The lowest BCUT2D eigenvalue weighted by atomic mass is 10.1. The van der Waals surface area contributed by atoms with Gasteiger partial charge in [0.25, 0.3) is 0 Å². The first-order valence-electron chi connectivity index (χ1n) is 5.41. The van der Waals surface area contributed by atoms with Gasteiger partial charge in [-0.3, -0.25) is 4.79 Å². The van der Waals surface area contributed by atoms with Crippen LogP contribution < -0.4 is 0 Å². The van der Waals surface area contributed by atoms with E-state index in [0.717, 1.165) is 17.9 Å². The van der Waals surface area contributed by atoms with Gasteiger partial charge < -0.3 is 4.74 Å². The molecule has 2 rings (SSSR count). The number of carbonyl (C=O) groups is 1. The van der Waals surface area contributed by atoms with Crippen molar-refractivity contribution in [2.45, 2.75) is 4.90 Å². The van der Waals surface area contributed by atoms with E-state index in [-0.39, 0.29) is 4.90 Å². The topological polar surface area (TPSA) is 60.4 Å². The van der Waals surface area contributed by atoms with E-state index in [1.165, 1.54) is 12.1 Å². The Morgan fingerprint density at radius 3 is 2.47 bits per heavy atom. The van der Waals surface area contributed by atoms with Crippen LogP contribution in [-0.4, -0.2) is 27.2 Å². The summed E-state index contributed by atoms with van der Waals surface area (Å²) in [7, 11) is -2.53. The Kier molecular flexibility index (Phi) is 3.78. The van der Waals surface area contributed by atoms with Crippen LogP contribution in [0.15, 0.2) is 41.3 Å². The van der Waals surface area contributed by atoms with Crippen LogP contribution in [0.25, 0.3) is 10.8 Å². The summed E-state index contributed by atoms with van der Waals surface area (Å²) in [6.07, 6.45) is 0. The highest BCUT2D eigenvalue weighted by Crippen LogP contribution is 2.23. The number of hydrogen-bond acceptors (Lipinski definition) is 4. The molecule has 4 nitrogen and oxygen atoms in total. The number of rotatable bonds is 3. The molecule has 100 valence electrons. The summed E-state index contributed by atoms with van der Waals surface area (Å²) in [5.74, 6) is -1.45. The van der Waals surface area contributed by atoms with Crippen LogP contribution in [0, 0.1) is 0 Å². The molecule has 0 spiro atoms. The minimum atomic E-state index is -3.68. The molecule has 0 amide bonds. The third-order valence-corrected chi connectivity index (χ3v) is 4.49. The highest BCUT2D eigenvalue weighted by Gasteiger charge is 2.20. The SMILES string of the molecule is COC(=O)CS(=O)(=O)c1ccc2cc(Cl)ccc2c1. The van der Waals surface area contributed by atoms with E-state index in [2.05, 4.69) is 4.74 Å². The molecular formula is C13H11ClO4S. The molecule has 2 aromatic rings. The maximum atomic E-state index is 12.0. The predicted molar refractivity (Wildman–Crippen MR) is 73.0 cm³/mol. The zero-order chi connectivity index (χ0) is 14.0. The Labute approximate surface area is 115 Å². The van der Waals surface area contributed by atoms with Gasteiger partial charge in [0.2, 0.25) is 0 Å². The summed E-state index contributed by atoms with van der Waals surface area (Å²) in [5, 5.41) is 2.16. The minimum Gasteiger partial charge on any atom is -0.468 e. The molecule has 0 bridgehead atoms. The Hall–Kier alpha value is -1.59. The fourth-order valence-corrected chi connectivity index (χ4v) is 3.04. The second-order valence-electron chi connectivity index (χ2n) is 3.99. The minimum absolute atomic E-state index is 0.0905. The molecule has 0 N–H and O–H groups in total.